The van der Waals surface area contributed by atoms with E-state index in [1.165, 1.54) is 11.4 Å². The van der Waals surface area contributed by atoms with Crippen molar-refractivity contribution in [2.45, 2.75) is 25.5 Å². The maximum absolute atomic E-state index is 11.7. The van der Waals surface area contributed by atoms with Crippen LogP contribution in [0.2, 0.25) is 0 Å². The molecule has 0 saturated heterocycles. The van der Waals surface area contributed by atoms with E-state index < -0.39 is 15.3 Å². The van der Waals surface area contributed by atoms with E-state index in [9.17, 15) is 8.42 Å². The topological polar surface area (TPSA) is 63.4 Å². The molecule has 4 nitrogen and oxygen atoms in total. The van der Waals surface area contributed by atoms with Gasteiger partial charge in [-0.05, 0) is 6.42 Å². The third-order valence-electron chi connectivity index (χ3n) is 1.93. The van der Waals surface area contributed by atoms with Crippen LogP contribution in [0.25, 0.3) is 0 Å². The van der Waals surface area contributed by atoms with E-state index in [-0.39, 0.29) is 4.99 Å². The first-order chi connectivity index (χ1) is 5.87. The summed E-state index contributed by atoms with van der Waals surface area (Å²) >= 11 is 4.70. The van der Waals surface area contributed by atoms with E-state index in [0.717, 1.165) is 0 Å². The van der Waals surface area contributed by atoms with Gasteiger partial charge < -0.3 is 5.73 Å². The Morgan fingerprint density at radius 3 is 2.23 bits per heavy atom. The van der Waals surface area contributed by atoms with Gasteiger partial charge in [-0.15, -0.1) is 0 Å². The standard InChI is InChI=1S/C7H16N2O2S2/c1-4-6(7(8)12)13(10,11)9(3)5-2/h6H,4-5H2,1-3H3,(H2,8,12). The third-order valence-corrected chi connectivity index (χ3v) is 4.79. The highest BCUT2D eigenvalue weighted by Crippen LogP contribution is 2.10. The number of sulfonamides is 1. The summed E-state index contributed by atoms with van der Waals surface area (Å²) in [6.07, 6.45) is 0.419. The molecule has 0 aliphatic heterocycles. The Balaban J connectivity index is 4.90. The Bertz CT molecular complexity index is 274. The second-order valence-corrected chi connectivity index (χ2v) is 5.45. The quantitative estimate of drug-likeness (QED) is 0.684. The lowest BCUT2D eigenvalue weighted by atomic mass is 10.3. The summed E-state index contributed by atoms with van der Waals surface area (Å²) in [7, 11) is -1.81. The minimum atomic E-state index is -3.33. The average molecular weight is 224 g/mol. The van der Waals surface area contributed by atoms with Crippen LogP contribution in [0.3, 0.4) is 0 Å². The van der Waals surface area contributed by atoms with Crippen molar-refractivity contribution in [1.82, 2.24) is 4.31 Å². The van der Waals surface area contributed by atoms with Gasteiger partial charge in [0.2, 0.25) is 10.0 Å². The molecule has 0 bridgehead atoms. The molecule has 0 saturated carbocycles. The van der Waals surface area contributed by atoms with Gasteiger partial charge in [-0.25, -0.2) is 12.7 Å². The fourth-order valence-corrected chi connectivity index (χ4v) is 3.00. The van der Waals surface area contributed by atoms with Crippen LogP contribution in [-0.2, 0) is 10.0 Å². The zero-order valence-electron chi connectivity index (χ0n) is 8.15. The van der Waals surface area contributed by atoms with Gasteiger partial charge in [0.05, 0.1) is 4.99 Å². The number of hydrogen-bond donors (Lipinski definition) is 1. The van der Waals surface area contributed by atoms with Gasteiger partial charge >= 0.3 is 0 Å². The molecule has 0 aromatic carbocycles. The Morgan fingerprint density at radius 2 is 2.00 bits per heavy atom. The molecule has 6 heteroatoms. The molecular formula is C7H16N2O2S2. The van der Waals surface area contributed by atoms with E-state index in [1.54, 1.807) is 13.8 Å². The van der Waals surface area contributed by atoms with Crippen molar-refractivity contribution in [2.24, 2.45) is 5.73 Å². The number of thiocarbonyl (C=S) groups is 1. The largest absolute Gasteiger partial charge is 0.392 e. The minimum Gasteiger partial charge on any atom is -0.392 e. The van der Waals surface area contributed by atoms with Crippen LogP contribution in [0.4, 0.5) is 0 Å². The van der Waals surface area contributed by atoms with Gasteiger partial charge in [-0.1, -0.05) is 26.1 Å². The number of hydrogen-bond acceptors (Lipinski definition) is 3. The van der Waals surface area contributed by atoms with Gasteiger partial charge in [-0.2, -0.15) is 0 Å². The molecule has 0 aliphatic carbocycles. The molecule has 0 heterocycles. The summed E-state index contributed by atoms with van der Waals surface area (Å²) in [4.78, 5) is 0.0443. The van der Waals surface area contributed by atoms with E-state index >= 15 is 0 Å². The SMILES string of the molecule is CCC(C(N)=S)S(=O)(=O)N(C)CC. The number of rotatable bonds is 5. The first-order valence-electron chi connectivity index (χ1n) is 4.12. The summed E-state index contributed by atoms with van der Waals surface area (Å²) in [5, 5.41) is -0.729. The summed E-state index contributed by atoms with van der Waals surface area (Å²) in [5.74, 6) is 0. The van der Waals surface area contributed by atoms with Crippen LogP contribution in [-0.4, -0.2) is 36.6 Å². The maximum atomic E-state index is 11.7. The molecule has 1 unspecified atom stereocenters. The second kappa shape index (κ2) is 4.88. The zero-order chi connectivity index (χ0) is 10.6. The number of nitrogens with zero attached hydrogens (tertiary/aromatic N) is 1. The van der Waals surface area contributed by atoms with Crippen LogP contribution in [0, 0.1) is 0 Å². The molecule has 0 rings (SSSR count). The van der Waals surface area contributed by atoms with Crippen LogP contribution in [0.5, 0.6) is 0 Å². The van der Waals surface area contributed by atoms with Gasteiger partial charge in [0.15, 0.2) is 0 Å². The highest BCUT2D eigenvalue weighted by atomic mass is 32.2. The van der Waals surface area contributed by atoms with Crippen LogP contribution in [0.1, 0.15) is 20.3 Å². The van der Waals surface area contributed by atoms with Crippen LogP contribution in [0.15, 0.2) is 0 Å². The molecule has 0 radical (unpaired) electrons. The molecule has 0 aromatic rings. The fraction of sp³-hybridized carbons (Fsp3) is 0.857. The normalized spacial score (nSPS) is 14.5. The van der Waals surface area contributed by atoms with E-state index in [4.69, 9.17) is 18.0 Å². The molecule has 13 heavy (non-hydrogen) atoms. The fourth-order valence-electron chi connectivity index (χ4n) is 0.956. The second-order valence-electron chi connectivity index (χ2n) is 2.76. The van der Waals surface area contributed by atoms with Crippen molar-refractivity contribution in [2.75, 3.05) is 13.6 Å². The molecule has 0 amide bonds. The summed E-state index contributed by atoms with van der Waals surface area (Å²) in [6.45, 7) is 3.95. The molecule has 0 aromatic heterocycles. The van der Waals surface area contributed by atoms with Gasteiger partial charge in [0.25, 0.3) is 0 Å². The monoisotopic (exact) mass is 224 g/mol. The van der Waals surface area contributed by atoms with Gasteiger partial charge in [0.1, 0.15) is 5.25 Å². The smallest absolute Gasteiger partial charge is 0.223 e. The van der Waals surface area contributed by atoms with Crippen molar-refractivity contribution in [3.8, 4) is 0 Å². The Morgan fingerprint density at radius 1 is 1.54 bits per heavy atom. The van der Waals surface area contributed by atoms with E-state index in [1.807, 2.05) is 0 Å². The van der Waals surface area contributed by atoms with Crippen LogP contribution < -0.4 is 5.73 Å². The predicted octanol–water partition coefficient (Wildman–Crippen LogP) is 0.333. The molecule has 78 valence electrons. The molecule has 1 atom stereocenters. The lowest BCUT2D eigenvalue weighted by Crippen LogP contribution is -2.42. The van der Waals surface area contributed by atoms with Crippen molar-refractivity contribution >= 4 is 27.2 Å². The van der Waals surface area contributed by atoms with E-state index in [2.05, 4.69) is 0 Å². The Hall–Kier alpha value is -0.200. The molecule has 0 fully saturated rings. The minimum absolute atomic E-state index is 0.0443. The molecule has 0 aliphatic rings. The highest BCUT2D eigenvalue weighted by Gasteiger charge is 2.29. The lowest BCUT2D eigenvalue weighted by molar-refractivity contribution is 0.480. The lowest BCUT2D eigenvalue weighted by Gasteiger charge is -2.21. The summed E-state index contributed by atoms with van der Waals surface area (Å²) < 4.78 is 24.6. The Labute approximate surface area is 85.1 Å². The zero-order valence-corrected chi connectivity index (χ0v) is 9.78. The average Bonchev–Trinajstić information content (AvgIpc) is 2.02. The molecular weight excluding hydrogens is 208 g/mol. The predicted molar refractivity (Wildman–Crippen MR) is 58.1 cm³/mol. The summed E-state index contributed by atoms with van der Waals surface area (Å²) in [5.41, 5.74) is 5.35. The summed E-state index contributed by atoms with van der Waals surface area (Å²) in [6, 6.07) is 0. The maximum Gasteiger partial charge on any atom is 0.223 e. The van der Waals surface area contributed by atoms with Crippen LogP contribution >= 0.6 is 12.2 Å². The van der Waals surface area contributed by atoms with Crippen molar-refractivity contribution in [3.05, 3.63) is 0 Å². The van der Waals surface area contributed by atoms with Gasteiger partial charge in [-0.3, -0.25) is 0 Å². The van der Waals surface area contributed by atoms with Crippen molar-refractivity contribution in [1.29, 1.82) is 0 Å². The first kappa shape index (κ1) is 12.8. The highest BCUT2D eigenvalue weighted by molar-refractivity contribution is 7.92. The van der Waals surface area contributed by atoms with Crippen molar-refractivity contribution < 1.29 is 8.42 Å². The molecule has 0 spiro atoms. The van der Waals surface area contributed by atoms with E-state index in [0.29, 0.717) is 13.0 Å². The van der Waals surface area contributed by atoms with Gasteiger partial charge in [0, 0.05) is 13.6 Å². The first-order valence-corrected chi connectivity index (χ1v) is 6.03. The number of nitrogens with two attached hydrogens (primary N) is 1. The Kier molecular flexibility index (Phi) is 4.80. The molecule has 2 N–H and O–H groups in total. The van der Waals surface area contributed by atoms with Crippen molar-refractivity contribution in [3.63, 3.8) is 0 Å². The third kappa shape index (κ3) is 2.89.